The fourth-order valence-electron chi connectivity index (χ4n) is 1.33. The molecule has 1 aromatic carbocycles. The van der Waals surface area contributed by atoms with Gasteiger partial charge in [0.1, 0.15) is 17.9 Å². The average molecular weight is 250 g/mol. The molecule has 18 heavy (non-hydrogen) atoms. The zero-order valence-corrected chi connectivity index (χ0v) is 8.73. The first kappa shape index (κ1) is 13.3. The highest BCUT2D eigenvalue weighted by molar-refractivity contribution is 5.84. The first-order chi connectivity index (χ1) is 8.42. The van der Waals surface area contributed by atoms with E-state index in [9.17, 15) is 24.8 Å². The van der Waals surface area contributed by atoms with Gasteiger partial charge in [0.05, 0.1) is 4.92 Å². The van der Waals surface area contributed by atoms with E-state index in [4.69, 9.17) is 10.4 Å². The van der Waals surface area contributed by atoms with Crippen molar-refractivity contribution in [2.45, 2.75) is 6.10 Å². The Morgan fingerprint density at radius 1 is 1.56 bits per heavy atom. The number of aliphatic hydroxyl groups is 1. The highest BCUT2D eigenvalue weighted by Crippen LogP contribution is 2.26. The van der Waals surface area contributed by atoms with Crippen molar-refractivity contribution in [2.75, 3.05) is 0 Å². The van der Waals surface area contributed by atoms with Gasteiger partial charge in [0.2, 0.25) is 0 Å². The third-order valence-corrected chi connectivity index (χ3v) is 2.17. The molecule has 8 heteroatoms. The van der Waals surface area contributed by atoms with Crippen LogP contribution in [-0.2, 0) is 4.79 Å². The molecule has 0 saturated heterocycles. The van der Waals surface area contributed by atoms with Crippen molar-refractivity contribution >= 4 is 17.9 Å². The standard InChI is InChI=1S/C10H6N2O6/c11-3-5-1-6(4-13)7(9(14)10(15)16)2-8(5)12(17)18/h1-2,4,9,14H,(H,15,16). The van der Waals surface area contributed by atoms with Crippen LogP contribution in [0.3, 0.4) is 0 Å². The van der Waals surface area contributed by atoms with Gasteiger partial charge in [0.25, 0.3) is 5.69 Å². The Hall–Kier alpha value is -2.79. The van der Waals surface area contributed by atoms with Crippen LogP contribution in [0.2, 0.25) is 0 Å². The Kier molecular flexibility index (Phi) is 3.71. The second-order valence-electron chi connectivity index (χ2n) is 3.23. The van der Waals surface area contributed by atoms with E-state index in [-0.39, 0.29) is 17.4 Å². The van der Waals surface area contributed by atoms with Crippen LogP contribution >= 0.6 is 0 Å². The third kappa shape index (κ3) is 2.31. The Labute approximate surface area is 99.8 Å². The number of carboxylic acids is 1. The Bertz CT molecular complexity index is 574. The molecule has 0 aliphatic heterocycles. The second kappa shape index (κ2) is 5.03. The van der Waals surface area contributed by atoms with Crippen molar-refractivity contribution in [3.05, 3.63) is 38.9 Å². The maximum Gasteiger partial charge on any atom is 0.337 e. The largest absolute Gasteiger partial charge is 0.479 e. The third-order valence-electron chi connectivity index (χ3n) is 2.17. The highest BCUT2D eigenvalue weighted by Gasteiger charge is 2.25. The lowest BCUT2D eigenvalue weighted by Gasteiger charge is -2.09. The number of nitro benzene ring substituents is 1. The number of aldehydes is 1. The number of nitrogens with zero attached hydrogens (tertiary/aromatic N) is 2. The van der Waals surface area contributed by atoms with E-state index < -0.39 is 28.2 Å². The quantitative estimate of drug-likeness (QED) is 0.447. The number of aliphatic hydroxyl groups excluding tert-OH is 1. The minimum Gasteiger partial charge on any atom is -0.479 e. The van der Waals surface area contributed by atoms with E-state index in [0.717, 1.165) is 6.07 Å². The molecule has 0 fully saturated rings. The van der Waals surface area contributed by atoms with Gasteiger partial charge in [-0.2, -0.15) is 5.26 Å². The lowest BCUT2D eigenvalue weighted by atomic mass is 9.99. The molecule has 1 atom stereocenters. The van der Waals surface area contributed by atoms with Gasteiger partial charge in [0.15, 0.2) is 6.10 Å². The summed E-state index contributed by atoms with van der Waals surface area (Å²) in [5, 5.41) is 37.3. The molecule has 0 bridgehead atoms. The number of hydrogen-bond donors (Lipinski definition) is 2. The van der Waals surface area contributed by atoms with Crippen molar-refractivity contribution < 1.29 is 24.7 Å². The van der Waals surface area contributed by atoms with Crippen LogP contribution in [0.25, 0.3) is 0 Å². The van der Waals surface area contributed by atoms with E-state index in [1.54, 1.807) is 0 Å². The molecule has 0 aromatic heterocycles. The highest BCUT2D eigenvalue weighted by atomic mass is 16.6. The zero-order chi connectivity index (χ0) is 13.9. The van der Waals surface area contributed by atoms with E-state index in [2.05, 4.69) is 0 Å². The molecule has 1 rings (SSSR count). The summed E-state index contributed by atoms with van der Waals surface area (Å²) in [5.41, 5.74) is -1.77. The molecule has 2 N–H and O–H groups in total. The predicted octanol–water partition coefficient (Wildman–Crippen LogP) is 0.397. The second-order valence-corrected chi connectivity index (χ2v) is 3.23. The van der Waals surface area contributed by atoms with E-state index in [1.165, 1.54) is 6.07 Å². The van der Waals surface area contributed by atoms with Crippen molar-refractivity contribution in [1.29, 1.82) is 5.26 Å². The van der Waals surface area contributed by atoms with Gasteiger partial charge in [-0.1, -0.05) is 0 Å². The monoisotopic (exact) mass is 250 g/mol. The number of rotatable bonds is 4. The molecule has 0 aliphatic rings. The normalized spacial score (nSPS) is 11.3. The van der Waals surface area contributed by atoms with Crippen LogP contribution in [0.1, 0.15) is 27.6 Å². The van der Waals surface area contributed by atoms with Gasteiger partial charge < -0.3 is 10.2 Å². The maximum absolute atomic E-state index is 10.7. The Morgan fingerprint density at radius 2 is 2.17 bits per heavy atom. The van der Waals surface area contributed by atoms with Crippen molar-refractivity contribution in [2.24, 2.45) is 0 Å². The first-order valence-electron chi connectivity index (χ1n) is 4.50. The topological polar surface area (TPSA) is 142 Å². The van der Waals surface area contributed by atoms with Crippen LogP contribution in [0.5, 0.6) is 0 Å². The number of aliphatic carboxylic acids is 1. The number of carbonyl (C=O) groups excluding carboxylic acids is 1. The molecule has 1 unspecified atom stereocenters. The van der Waals surface area contributed by atoms with Crippen LogP contribution in [0, 0.1) is 21.4 Å². The van der Waals surface area contributed by atoms with Gasteiger partial charge >= 0.3 is 5.97 Å². The molecule has 0 radical (unpaired) electrons. The molecule has 0 amide bonds. The molecule has 0 aliphatic carbocycles. The van der Waals surface area contributed by atoms with Crippen LogP contribution in [-0.4, -0.2) is 27.4 Å². The van der Waals surface area contributed by atoms with Gasteiger partial charge in [-0.25, -0.2) is 4.79 Å². The van der Waals surface area contributed by atoms with Crippen molar-refractivity contribution in [3.63, 3.8) is 0 Å². The summed E-state index contributed by atoms with van der Waals surface area (Å²) in [7, 11) is 0. The molecule has 0 saturated carbocycles. The van der Waals surface area contributed by atoms with Gasteiger partial charge in [-0.05, 0) is 6.07 Å². The van der Waals surface area contributed by atoms with E-state index in [1.807, 2.05) is 0 Å². The summed E-state index contributed by atoms with van der Waals surface area (Å²) in [6, 6.07) is 3.09. The van der Waals surface area contributed by atoms with E-state index in [0.29, 0.717) is 6.07 Å². The predicted molar refractivity (Wildman–Crippen MR) is 55.8 cm³/mol. The van der Waals surface area contributed by atoms with Crippen molar-refractivity contribution in [1.82, 2.24) is 0 Å². The molecule has 0 spiro atoms. The zero-order valence-electron chi connectivity index (χ0n) is 8.73. The van der Waals surface area contributed by atoms with Crippen molar-refractivity contribution in [3.8, 4) is 6.07 Å². The molecular formula is C10H6N2O6. The minimum atomic E-state index is -2.07. The number of carbonyl (C=O) groups is 2. The number of nitriles is 1. The Morgan fingerprint density at radius 3 is 2.56 bits per heavy atom. The minimum absolute atomic E-state index is 0.214. The summed E-state index contributed by atoms with van der Waals surface area (Å²) < 4.78 is 0. The average Bonchev–Trinajstić information content (AvgIpc) is 2.35. The van der Waals surface area contributed by atoms with Gasteiger partial charge in [-0.3, -0.25) is 14.9 Å². The van der Waals surface area contributed by atoms with Crippen LogP contribution in [0.15, 0.2) is 12.1 Å². The molecule has 92 valence electrons. The number of hydrogen-bond acceptors (Lipinski definition) is 6. The first-order valence-corrected chi connectivity index (χ1v) is 4.50. The molecular weight excluding hydrogens is 244 g/mol. The molecule has 0 heterocycles. The smallest absolute Gasteiger partial charge is 0.337 e. The summed E-state index contributed by atoms with van der Waals surface area (Å²) in [4.78, 5) is 31.1. The number of nitro groups is 1. The molecule has 8 nitrogen and oxygen atoms in total. The van der Waals surface area contributed by atoms with Crippen LogP contribution in [0.4, 0.5) is 5.69 Å². The van der Waals surface area contributed by atoms with Gasteiger partial charge in [0, 0.05) is 17.2 Å². The lowest BCUT2D eigenvalue weighted by Crippen LogP contribution is -2.13. The fraction of sp³-hybridized carbons (Fsp3) is 0.100. The summed E-state index contributed by atoms with van der Waals surface area (Å²) in [5.74, 6) is -1.66. The summed E-state index contributed by atoms with van der Waals surface area (Å²) in [6.45, 7) is 0. The Balaban J connectivity index is 3.57. The summed E-state index contributed by atoms with van der Waals surface area (Å²) in [6.07, 6.45) is -1.86. The van der Waals surface area contributed by atoms with E-state index >= 15 is 0 Å². The number of benzene rings is 1. The maximum atomic E-state index is 10.7. The SMILES string of the molecule is N#Cc1cc(C=O)c(C(O)C(=O)O)cc1[N+](=O)[O-]. The summed E-state index contributed by atoms with van der Waals surface area (Å²) >= 11 is 0. The van der Waals surface area contributed by atoms with Crippen LogP contribution < -0.4 is 0 Å². The molecule has 1 aromatic rings. The lowest BCUT2D eigenvalue weighted by molar-refractivity contribution is -0.385. The fourth-order valence-corrected chi connectivity index (χ4v) is 1.33. The van der Waals surface area contributed by atoms with Gasteiger partial charge in [-0.15, -0.1) is 0 Å². The number of carboxylic acid groups (broad SMARTS) is 1.